The molecule has 1 aliphatic rings. The van der Waals surface area contributed by atoms with Crippen molar-refractivity contribution in [3.05, 3.63) is 70.8 Å². The SMILES string of the molecule is COc1ccc([C@@H]2/C(=C(\O)c3ccc(C)cc3)C(=O)C(=O)N2C)cc1. The smallest absolute Gasteiger partial charge is 0.295 e. The van der Waals surface area contributed by atoms with Crippen LogP contribution in [-0.4, -0.2) is 35.9 Å². The Balaban J connectivity index is 2.13. The first-order chi connectivity index (χ1) is 11.9. The molecule has 0 unspecified atom stereocenters. The fourth-order valence-electron chi connectivity index (χ4n) is 2.99. The van der Waals surface area contributed by atoms with Crippen molar-refractivity contribution in [3.8, 4) is 5.75 Å². The molecule has 1 N–H and O–H groups in total. The molecule has 0 radical (unpaired) electrons. The van der Waals surface area contributed by atoms with Crippen LogP contribution in [0.3, 0.4) is 0 Å². The van der Waals surface area contributed by atoms with Gasteiger partial charge in [-0.05, 0) is 24.6 Å². The molecule has 0 saturated carbocycles. The second-order valence-electron chi connectivity index (χ2n) is 6.05. The van der Waals surface area contributed by atoms with Gasteiger partial charge in [0.05, 0.1) is 18.7 Å². The van der Waals surface area contributed by atoms with E-state index in [-0.39, 0.29) is 11.3 Å². The number of carbonyl (C=O) groups is 2. The summed E-state index contributed by atoms with van der Waals surface area (Å²) in [6.07, 6.45) is 0. The molecule has 25 heavy (non-hydrogen) atoms. The highest BCUT2D eigenvalue weighted by atomic mass is 16.5. The number of carbonyl (C=O) groups excluding carboxylic acids is 2. The Labute approximate surface area is 146 Å². The Kier molecular flexibility index (Phi) is 4.31. The zero-order chi connectivity index (χ0) is 18.1. The van der Waals surface area contributed by atoms with Gasteiger partial charge >= 0.3 is 0 Å². The van der Waals surface area contributed by atoms with Crippen molar-refractivity contribution in [2.24, 2.45) is 0 Å². The quantitative estimate of drug-likeness (QED) is 0.531. The normalized spacial score (nSPS) is 19.3. The number of hydrogen-bond donors (Lipinski definition) is 1. The lowest BCUT2D eigenvalue weighted by molar-refractivity contribution is -0.139. The molecule has 0 aromatic heterocycles. The number of methoxy groups -OCH3 is 1. The summed E-state index contributed by atoms with van der Waals surface area (Å²) in [6, 6.07) is 13.6. The van der Waals surface area contributed by atoms with E-state index < -0.39 is 17.7 Å². The van der Waals surface area contributed by atoms with E-state index >= 15 is 0 Å². The molecule has 2 aromatic carbocycles. The van der Waals surface area contributed by atoms with Crippen LogP contribution in [0.4, 0.5) is 0 Å². The van der Waals surface area contributed by atoms with Gasteiger partial charge in [-0.1, -0.05) is 42.0 Å². The van der Waals surface area contributed by atoms with Crippen LogP contribution in [0.1, 0.15) is 22.7 Å². The van der Waals surface area contributed by atoms with Gasteiger partial charge in [0.25, 0.3) is 11.7 Å². The average molecular weight is 337 g/mol. The topological polar surface area (TPSA) is 66.8 Å². The maximum atomic E-state index is 12.5. The van der Waals surface area contributed by atoms with Crippen molar-refractivity contribution >= 4 is 17.4 Å². The number of aliphatic hydroxyl groups is 1. The Bertz CT molecular complexity index is 850. The van der Waals surface area contributed by atoms with E-state index in [4.69, 9.17) is 4.74 Å². The summed E-state index contributed by atoms with van der Waals surface area (Å²) >= 11 is 0. The molecule has 5 nitrogen and oxygen atoms in total. The molecule has 0 spiro atoms. The number of Topliss-reactive ketones (excluding diaryl/α,β-unsaturated/α-hetero) is 1. The molecule has 1 heterocycles. The van der Waals surface area contributed by atoms with Crippen LogP contribution in [0.2, 0.25) is 0 Å². The first-order valence-corrected chi connectivity index (χ1v) is 7.89. The maximum Gasteiger partial charge on any atom is 0.295 e. The number of likely N-dealkylation sites (N-methyl/N-ethyl adjacent to an activating group) is 1. The zero-order valence-electron chi connectivity index (χ0n) is 14.3. The third-order valence-corrected chi connectivity index (χ3v) is 4.43. The van der Waals surface area contributed by atoms with E-state index in [0.29, 0.717) is 11.3 Å². The van der Waals surface area contributed by atoms with Crippen LogP contribution in [0.15, 0.2) is 54.1 Å². The number of nitrogens with zero attached hydrogens (tertiary/aromatic N) is 1. The molecule has 3 rings (SSSR count). The molecule has 0 aliphatic carbocycles. The van der Waals surface area contributed by atoms with Crippen molar-refractivity contribution in [1.29, 1.82) is 0 Å². The standard InChI is InChI=1S/C20H19NO4/c1-12-4-6-14(7-5-12)18(22)16-17(21(2)20(24)19(16)23)13-8-10-15(25-3)11-9-13/h4-11,17,22H,1-3H3/b18-16+/t17-/m1/s1. The van der Waals surface area contributed by atoms with Gasteiger partial charge in [-0.25, -0.2) is 0 Å². The molecule has 1 amide bonds. The Morgan fingerprint density at radius 3 is 2.20 bits per heavy atom. The van der Waals surface area contributed by atoms with E-state index in [1.807, 2.05) is 19.1 Å². The summed E-state index contributed by atoms with van der Waals surface area (Å²) in [5, 5.41) is 10.7. The van der Waals surface area contributed by atoms with Crippen LogP contribution >= 0.6 is 0 Å². The highest BCUT2D eigenvalue weighted by molar-refractivity contribution is 6.46. The number of benzene rings is 2. The third-order valence-electron chi connectivity index (χ3n) is 4.43. The van der Waals surface area contributed by atoms with Gasteiger partial charge in [-0.2, -0.15) is 0 Å². The zero-order valence-corrected chi connectivity index (χ0v) is 14.3. The molecular weight excluding hydrogens is 318 g/mol. The lowest BCUT2D eigenvalue weighted by atomic mass is 9.95. The van der Waals surface area contributed by atoms with Crippen molar-refractivity contribution in [1.82, 2.24) is 4.90 Å². The van der Waals surface area contributed by atoms with E-state index in [0.717, 1.165) is 11.1 Å². The predicted octanol–water partition coefficient (Wildman–Crippen LogP) is 3.06. The average Bonchev–Trinajstić information content (AvgIpc) is 2.86. The summed E-state index contributed by atoms with van der Waals surface area (Å²) < 4.78 is 5.15. The third kappa shape index (κ3) is 2.89. The van der Waals surface area contributed by atoms with Crippen LogP contribution in [0, 0.1) is 6.92 Å². The van der Waals surface area contributed by atoms with Gasteiger partial charge in [0, 0.05) is 12.6 Å². The molecule has 1 aliphatic heterocycles. The number of aliphatic hydroxyl groups excluding tert-OH is 1. The number of likely N-dealkylation sites (tertiary alicyclic amines) is 1. The van der Waals surface area contributed by atoms with Gasteiger partial charge in [-0.3, -0.25) is 9.59 Å². The first kappa shape index (κ1) is 16.8. The number of ether oxygens (including phenoxy) is 1. The molecule has 0 bridgehead atoms. The van der Waals surface area contributed by atoms with Crippen molar-refractivity contribution in [3.63, 3.8) is 0 Å². The minimum absolute atomic E-state index is 0.0986. The molecule has 1 fully saturated rings. The van der Waals surface area contributed by atoms with E-state index in [1.54, 1.807) is 50.6 Å². The fourth-order valence-corrected chi connectivity index (χ4v) is 2.99. The van der Waals surface area contributed by atoms with Crippen LogP contribution in [0.5, 0.6) is 5.75 Å². The summed E-state index contributed by atoms with van der Waals surface area (Å²) in [6.45, 7) is 1.94. The number of rotatable bonds is 3. The second kappa shape index (κ2) is 6.43. The summed E-state index contributed by atoms with van der Waals surface area (Å²) in [5.74, 6) is -0.797. The van der Waals surface area contributed by atoms with Crippen molar-refractivity contribution in [2.45, 2.75) is 13.0 Å². The fraction of sp³-hybridized carbons (Fsp3) is 0.200. The largest absolute Gasteiger partial charge is 0.507 e. The number of ketones is 1. The van der Waals surface area contributed by atoms with Crippen LogP contribution in [-0.2, 0) is 9.59 Å². The first-order valence-electron chi connectivity index (χ1n) is 7.89. The molecule has 1 atom stereocenters. The van der Waals surface area contributed by atoms with E-state index in [9.17, 15) is 14.7 Å². The highest BCUT2D eigenvalue weighted by Crippen LogP contribution is 2.38. The lowest BCUT2D eigenvalue weighted by Gasteiger charge is -2.21. The van der Waals surface area contributed by atoms with E-state index in [2.05, 4.69) is 0 Å². The predicted molar refractivity (Wildman–Crippen MR) is 94.2 cm³/mol. The molecular formula is C20H19NO4. The summed E-state index contributed by atoms with van der Waals surface area (Å²) in [4.78, 5) is 26.0. The number of hydrogen-bond acceptors (Lipinski definition) is 4. The lowest BCUT2D eigenvalue weighted by Crippen LogP contribution is -2.24. The molecule has 5 heteroatoms. The molecule has 128 valence electrons. The van der Waals surface area contributed by atoms with Crippen molar-refractivity contribution in [2.75, 3.05) is 14.2 Å². The summed E-state index contributed by atoms with van der Waals surface area (Å²) in [7, 11) is 3.13. The minimum atomic E-state index is -0.679. The molecule has 1 saturated heterocycles. The molecule has 2 aromatic rings. The number of aryl methyl sites for hydroxylation is 1. The number of amides is 1. The Hall–Kier alpha value is -3.08. The maximum absolute atomic E-state index is 12.5. The summed E-state index contributed by atoms with van der Waals surface area (Å²) in [5.41, 5.74) is 2.38. The van der Waals surface area contributed by atoms with Crippen LogP contribution in [0.25, 0.3) is 5.76 Å². The minimum Gasteiger partial charge on any atom is -0.507 e. The Morgan fingerprint density at radius 2 is 1.64 bits per heavy atom. The monoisotopic (exact) mass is 337 g/mol. The van der Waals surface area contributed by atoms with Crippen LogP contribution < -0.4 is 4.74 Å². The van der Waals surface area contributed by atoms with Gasteiger partial charge in [0.1, 0.15) is 11.5 Å². The Morgan fingerprint density at radius 1 is 1.04 bits per heavy atom. The van der Waals surface area contributed by atoms with Gasteiger partial charge in [0.2, 0.25) is 0 Å². The second-order valence-corrected chi connectivity index (χ2v) is 6.05. The van der Waals surface area contributed by atoms with Gasteiger partial charge in [0.15, 0.2) is 0 Å². The van der Waals surface area contributed by atoms with Gasteiger partial charge < -0.3 is 14.7 Å². The van der Waals surface area contributed by atoms with Gasteiger partial charge in [-0.15, -0.1) is 0 Å². The van der Waals surface area contributed by atoms with Crippen molar-refractivity contribution < 1.29 is 19.4 Å². The van der Waals surface area contributed by atoms with E-state index in [1.165, 1.54) is 4.90 Å². The highest BCUT2D eigenvalue weighted by Gasteiger charge is 2.44.